The molecular weight excluding hydrogens is 395 g/mol. The van der Waals surface area contributed by atoms with Gasteiger partial charge in [0.25, 0.3) is 10.3 Å². The predicted molar refractivity (Wildman–Crippen MR) is 93.2 cm³/mol. The number of hydrogen-bond acceptors (Lipinski definition) is 0. The first-order chi connectivity index (χ1) is 10.6. The van der Waals surface area contributed by atoms with E-state index in [2.05, 4.69) is 49.2 Å². The summed E-state index contributed by atoms with van der Waals surface area (Å²) in [5.41, 5.74) is 3.67. The summed E-state index contributed by atoms with van der Waals surface area (Å²) in [4.78, 5) is 2.99. The Labute approximate surface area is 157 Å². The van der Waals surface area contributed by atoms with Crippen LogP contribution in [0.3, 0.4) is 0 Å². The molecule has 1 N–H and O–H groups in total. The molecule has 2 nitrogen and oxygen atoms in total. The van der Waals surface area contributed by atoms with Crippen molar-refractivity contribution >= 4 is 34.0 Å². The molecule has 0 saturated carbocycles. The van der Waals surface area contributed by atoms with Gasteiger partial charge in [-0.25, -0.2) is 4.98 Å². The van der Waals surface area contributed by atoms with Gasteiger partial charge in [0.1, 0.15) is 5.69 Å². The minimum absolute atomic E-state index is 0. The van der Waals surface area contributed by atoms with Crippen molar-refractivity contribution in [2.45, 2.75) is 33.1 Å². The van der Waals surface area contributed by atoms with Crippen LogP contribution in [0.1, 0.15) is 30.9 Å². The van der Waals surface area contributed by atoms with E-state index in [1.807, 2.05) is 10.9 Å². The highest BCUT2D eigenvalue weighted by atomic mass is 79.9. The summed E-state index contributed by atoms with van der Waals surface area (Å²) < 4.78 is 1.96. The third-order valence-electron chi connectivity index (χ3n) is 4.05. The molecule has 0 radical (unpaired) electrons. The number of rotatable bonds is 4. The van der Waals surface area contributed by atoms with Crippen LogP contribution in [0.2, 0.25) is 10.3 Å². The van der Waals surface area contributed by atoms with Gasteiger partial charge in [0.15, 0.2) is 0 Å². The topological polar surface area (TPSA) is 19.7 Å². The van der Waals surface area contributed by atoms with Gasteiger partial charge in [0.05, 0.1) is 0 Å². The standard InChI is InChI=1S/C18H18Cl2N2.BrH/c1-3-4-8-15-14-9-6-5-7-13(14)10-12(2)16(15)22-11-21-17(19)18(22)20;/h5-7,9-11H,3-4,8H2,1-2H3;1H. The van der Waals surface area contributed by atoms with Gasteiger partial charge in [0, 0.05) is 5.56 Å². The molecular formula is C18H19BrCl2N2. The maximum atomic E-state index is 6.37. The predicted octanol–water partition coefficient (Wildman–Crippen LogP) is 2.41. The Kier molecular flexibility index (Phi) is 6.12. The fourth-order valence-corrected chi connectivity index (χ4v) is 3.34. The van der Waals surface area contributed by atoms with Gasteiger partial charge >= 0.3 is 0 Å². The second-order valence-electron chi connectivity index (χ2n) is 5.59. The Balaban J connectivity index is 0.00000192. The van der Waals surface area contributed by atoms with E-state index in [-0.39, 0.29) is 17.0 Å². The maximum absolute atomic E-state index is 6.37. The van der Waals surface area contributed by atoms with Crippen LogP contribution >= 0.6 is 23.2 Å². The summed E-state index contributed by atoms with van der Waals surface area (Å²) >= 11 is 12.5. The molecule has 3 rings (SSSR count). The molecule has 23 heavy (non-hydrogen) atoms. The van der Waals surface area contributed by atoms with Gasteiger partial charge in [0.2, 0.25) is 6.33 Å². The number of aryl methyl sites for hydroxylation is 2. The molecule has 122 valence electrons. The Bertz CT molecular complexity index is 827. The lowest BCUT2D eigenvalue weighted by Crippen LogP contribution is -3.00. The summed E-state index contributed by atoms with van der Waals surface area (Å²) in [5, 5.41) is 3.55. The molecule has 1 heterocycles. The fourth-order valence-electron chi connectivity index (χ4n) is 3.01. The van der Waals surface area contributed by atoms with E-state index in [0.29, 0.717) is 10.3 Å². The molecule has 3 aromatic rings. The second kappa shape index (κ2) is 7.69. The molecule has 0 unspecified atom stereocenters. The van der Waals surface area contributed by atoms with Crippen LogP contribution in [0.15, 0.2) is 36.7 Å². The van der Waals surface area contributed by atoms with Gasteiger partial charge in [-0.05, 0) is 65.4 Å². The molecule has 0 aliphatic carbocycles. The van der Waals surface area contributed by atoms with Crippen molar-refractivity contribution in [3.63, 3.8) is 0 Å². The third kappa shape index (κ3) is 3.42. The second-order valence-corrected chi connectivity index (χ2v) is 6.33. The molecule has 0 spiro atoms. The number of unbranched alkanes of at least 4 members (excludes halogenated alkanes) is 1. The van der Waals surface area contributed by atoms with Crippen molar-refractivity contribution in [2.24, 2.45) is 0 Å². The van der Waals surface area contributed by atoms with E-state index >= 15 is 0 Å². The number of nitrogens with zero attached hydrogens (tertiary/aromatic N) is 1. The first kappa shape index (κ1) is 18.3. The summed E-state index contributed by atoms with van der Waals surface area (Å²) in [6, 6.07) is 10.7. The Morgan fingerprint density at radius 3 is 2.57 bits per heavy atom. The highest BCUT2D eigenvalue weighted by Gasteiger charge is 2.22. The molecule has 0 bridgehead atoms. The number of benzene rings is 2. The van der Waals surface area contributed by atoms with E-state index in [1.165, 1.54) is 21.9 Å². The molecule has 2 aromatic carbocycles. The summed E-state index contributed by atoms with van der Waals surface area (Å²) in [7, 11) is 0. The quantitative estimate of drug-likeness (QED) is 0.633. The molecule has 0 aliphatic rings. The largest absolute Gasteiger partial charge is 1.00 e. The smallest absolute Gasteiger partial charge is 0.260 e. The van der Waals surface area contributed by atoms with Crippen molar-refractivity contribution in [3.8, 4) is 5.69 Å². The van der Waals surface area contributed by atoms with Crippen molar-refractivity contribution < 1.29 is 21.5 Å². The third-order valence-corrected chi connectivity index (χ3v) is 4.81. The molecule has 5 heteroatoms. The summed E-state index contributed by atoms with van der Waals surface area (Å²) in [6.07, 6.45) is 5.17. The Morgan fingerprint density at radius 2 is 1.91 bits per heavy atom. The highest BCUT2D eigenvalue weighted by molar-refractivity contribution is 6.39. The van der Waals surface area contributed by atoms with Crippen LogP contribution in [0.4, 0.5) is 0 Å². The Morgan fingerprint density at radius 1 is 1.17 bits per heavy atom. The summed E-state index contributed by atoms with van der Waals surface area (Å²) in [5.74, 6) is 0. The van der Waals surface area contributed by atoms with Gasteiger partial charge in [-0.1, -0.05) is 37.6 Å². The van der Waals surface area contributed by atoms with Crippen LogP contribution in [-0.2, 0) is 6.42 Å². The zero-order chi connectivity index (χ0) is 15.7. The average molecular weight is 414 g/mol. The van der Waals surface area contributed by atoms with Crippen LogP contribution in [-0.4, -0.2) is 4.98 Å². The molecule has 1 aromatic heterocycles. The zero-order valence-corrected chi connectivity index (χ0v) is 16.3. The van der Waals surface area contributed by atoms with E-state index in [9.17, 15) is 0 Å². The first-order valence-corrected chi connectivity index (χ1v) is 8.34. The van der Waals surface area contributed by atoms with E-state index < -0.39 is 0 Å². The van der Waals surface area contributed by atoms with Gasteiger partial charge in [-0.15, -0.1) is 0 Å². The molecule has 0 amide bonds. The number of hydrogen-bond donors (Lipinski definition) is 1. The fraction of sp³-hybridized carbons (Fsp3) is 0.278. The molecule has 0 aliphatic heterocycles. The minimum atomic E-state index is 0. The normalized spacial score (nSPS) is 10.8. The number of nitrogens with one attached hydrogen (secondary N) is 1. The van der Waals surface area contributed by atoms with Crippen LogP contribution in [0.25, 0.3) is 16.5 Å². The lowest BCUT2D eigenvalue weighted by Gasteiger charge is -2.13. The number of imidazole rings is 1. The average Bonchev–Trinajstić information content (AvgIpc) is 2.84. The molecule has 0 fully saturated rings. The van der Waals surface area contributed by atoms with Gasteiger partial charge in [-0.2, -0.15) is 4.57 Å². The maximum Gasteiger partial charge on any atom is 0.260 e. The van der Waals surface area contributed by atoms with E-state index in [0.717, 1.165) is 24.9 Å². The van der Waals surface area contributed by atoms with Crippen molar-refractivity contribution in [1.82, 2.24) is 4.98 Å². The number of H-pyrrole nitrogens is 1. The summed E-state index contributed by atoms with van der Waals surface area (Å²) in [6.45, 7) is 4.34. The molecule has 0 atom stereocenters. The number of halogens is 3. The SMILES string of the molecule is CCCCc1c(-[n+]2c[nH]c(Cl)c2Cl)c(C)cc2ccccc12.[Br-]. The Hall–Kier alpha value is -1.03. The van der Waals surface area contributed by atoms with Gasteiger partial charge < -0.3 is 17.0 Å². The van der Waals surface area contributed by atoms with E-state index in [4.69, 9.17) is 23.2 Å². The molecule has 0 saturated heterocycles. The van der Waals surface area contributed by atoms with Gasteiger partial charge in [-0.3, -0.25) is 0 Å². The van der Waals surface area contributed by atoms with E-state index in [1.54, 1.807) is 0 Å². The van der Waals surface area contributed by atoms with Crippen molar-refractivity contribution in [1.29, 1.82) is 0 Å². The van der Waals surface area contributed by atoms with Crippen LogP contribution in [0, 0.1) is 6.92 Å². The number of aromatic nitrogens is 2. The number of aromatic amines is 1. The van der Waals surface area contributed by atoms with Crippen molar-refractivity contribution in [3.05, 3.63) is 58.1 Å². The van der Waals surface area contributed by atoms with Crippen LogP contribution < -0.4 is 21.5 Å². The van der Waals surface area contributed by atoms with Crippen LogP contribution in [0.5, 0.6) is 0 Å². The zero-order valence-electron chi connectivity index (χ0n) is 13.2. The number of fused-ring (bicyclic) bond motifs is 1. The lowest BCUT2D eigenvalue weighted by molar-refractivity contribution is -0.592. The van der Waals surface area contributed by atoms with Crippen molar-refractivity contribution in [2.75, 3.05) is 0 Å². The minimum Gasteiger partial charge on any atom is -1.00 e. The first-order valence-electron chi connectivity index (χ1n) is 7.59. The highest BCUT2D eigenvalue weighted by Crippen LogP contribution is 2.29. The lowest BCUT2D eigenvalue weighted by atomic mass is 9.95. The monoisotopic (exact) mass is 412 g/mol.